The second kappa shape index (κ2) is 9.41. The van der Waals surface area contributed by atoms with Gasteiger partial charge in [0.2, 0.25) is 0 Å². The molecule has 0 spiro atoms. The average Bonchev–Trinajstić information content (AvgIpc) is 2.57. The lowest BCUT2D eigenvalue weighted by Crippen LogP contribution is -1.66. The molecular formula is C10H18O. The van der Waals surface area contributed by atoms with E-state index in [1.807, 2.05) is 0 Å². The minimum Gasteiger partial charge on any atom is -0.303 e. The fraction of sp³-hybridized carbons (Fsp3) is 0.700. The van der Waals surface area contributed by atoms with E-state index in [4.69, 9.17) is 0 Å². The summed E-state index contributed by atoms with van der Waals surface area (Å²) in [5.74, 6) is 0. The zero-order valence-electron chi connectivity index (χ0n) is 7.22. The highest BCUT2D eigenvalue weighted by atomic mass is 16.1. The predicted octanol–water partition coefficient (Wildman–Crippen LogP) is 3.10. The van der Waals surface area contributed by atoms with Gasteiger partial charge in [-0.1, -0.05) is 38.2 Å². The number of allylic oxidation sites excluding steroid dienone is 1. The summed E-state index contributed by atoms with van der Waals surface area (Å²) in [6.07, 6.45) is 11.5. The van der Waals surface area contributed by atoms with Crippen LogP contribution in [-0.4, -0.2) is 6.29 Å². The maximum atomic E-state index is 9.52. The van der Waals surface area contributed by atoms with E-state index in [1.54, 1.807) is 6.08 Å². The van der Waals surface area contributed by atoms with Crippen molar-refractivity contribution in [1.82, 2.24) is 0 Å². The molecule has 11 heavy (non-hydrogen) atoms. The Kier molecular flexibility index (Phi) is 8.91. The molecule has 1 saturated carbocycles. The summed E-state index contributed by atoms with van der Waals surface area (Å²) in [5.41, 5.74) is 0. The van der Waals surface area contributed by atoms with Crippen molar-refractivity contribution >= 4 is 6.29 Å². The molecule has 1 nitrogen and oxygen atoms in total. The molecule has 0 bridgehead atoms. The molecule has 1 aliphatic carbocycles. The third-order valence-electron chi connectivity index (χ3n) is 1.74. The van der Waals surface area contributed by atoms with Crippen molar-refractivity contribution in [3.05, 3.63) is 12.7 Å². The Hall–Kier alpha value is -0.590. The fourth-order valence-corrected chi connectivity index (χ4v) is 1.07. The fourth-order valence-electron chi connectivity index (χ4n) is 1.07. The van der Waals surface area contributed by atoms with Crippen LogP contribution in [0, 0.1) is 0 Å². The highest BCUT2D eigenvalue weighted by Crippen LogP contribution is 2.15. The lowest BCUT2D eigenvalue weighted by molar-refractivity contribution is -0.107. The van der Waals surface area contributed by atoms with Crippen molar-refractivity contribution in [3.63, 3.8) is 0 Å². The summed E-state index contributed by atoms with van der Waals surface area (Å²) in [5, 5.41) is 0. The quantitative estimate of drug-likeness (QED) is 0.347. The summed E-state index contributed by atoms with van der Waals surface area (Å²) in [7, 11) is 0. The summed E-state index contributed by atoms with van der Waals surface area (Å²) >= 11 is 0. The van der Waals surface area contributed by atoms with Crippen LogP contribution in [0.5, 0.6) is 0 Å². The van der Waals surface area contributed by atoms with Gasteiger partial charge in [-0.05, 0) is 6.42 Å². The molecule has 1 rings (SSSR count). The molecule has 0 aromatic rings. The molecule has 64 valence electrons. The molecule has 0 amide bonds. The number of hydrogen-bond acceptors (Lipinski definition) is 1. The van der Waals surface area contributed by atoms with Gasteiger partial charge in [0.1, 0.15) is 6.29 Å². The summed E-state index contributed by atoms with van der Waals surface area (Å²) in [6.45, 7) is 3.44. The van der Waals surface area contributed by atoms with E-state index in [0.717, 1.165) is 12.7 Å². The van der Waals surface area contributed by atoms with Crippen LogP contribution in [0.25, 0.3) is 0 Å². The molecule has 0 heterocycles. The number of carbonyl (C=O) groups is 1. The summed E-state index contributed by atoms with van der Waals surface area (Å²) in [4.78, 5) is 9.52. The van der Waals surface area contributed by atoms with Crippen LogP contribution < -0.4 is 0 Å². The van der Waals surface area contributed by atoms with Crippen LogP contribution in [-0.2, 0) is 4.79 Å². The topological polar surface area (TPSA) is 17.1 Å². The average molecular weight is 154 g/mol. The Morgan fingerprint density at radius 3 is 1.64 bits per heavy atom. The first kappa shape index (κ1) is 10.4. The minimum absolute atomic E-state index is 0.615. The lowest BCUT2D eigenvalue weighted by Gasteiger charge is -1.72. The van der Waals surface area contributed by atoms with Gasteiger partial charge >= 0.3 is 0 Å². The van der Waals surface area contributed by atoms with E-state index in [-0.39, 0.29) is 0 Å². The first-order valence-corrected chi connectivity index (χ1v) is 4.46. The van der Waals surface area contributed by atoms with Gasteiger partial charge in [0, 0.05) is 6.42 Å². The number of aldehydes is 1. The highest BCUT2D eigenvalue weighted by Gasteiger charge is 1.95. The Labute approximate surface area is 69.5 Å². The van der Waals surface area contributed by atoms with Crippen molar-refractivity contribution in [3.8, 4) is 0 Å². The SMILES string of the molecule is C1CCCC1.C=CCCC=O. The molecule has 0 aromatic heterocycles. The van der Waals surface area contributed by atoms with Gasteiger partial charge in [0.25, 0.3) is 0 Å². The predicted molar refractivity (Wildman–Crippen MR) is 48.6 cm³/mol. The summed E-state index contributed by atoms with van der Waals surface area (Å²) in [6, 6.07) is 0. The lowest BCUT2D eigenvalue weighted by atomic mass is 10.3. The van der Waals surface area contributed by atoms with Gasteiger partial charge in [-0.3, -0.25) is 0 Å². The molecule has 1 aliphatic rings. The molecule has 0 radical (unpaired) electrons. The van der Waals surface area contributed by atoms with E-state index < -0.39 is 0 Å². The number of carbonyl (C=O) groups excluding carboxylic acids is 1. The maximum absolute atomic E-state index is 9.52. The normalized spacial score (nSPS) is 14.9. The third-order valence-corrected chi connectivity index (χ3v) is 1.74. The minimum atomic E-state index is 0.615. The first-order chi connectivity index (χ1) is 5.41. The largest absolute Gasteiger partial charge is 0.303 e. The van der Waals surface area contributed by atoms with Crippen molar-refractivity contribution in [2.24, 2.45) is 0 Å². The van der Waals surface area contributed by atoms with Crippen LogP contribution in [0.15, 0.2) is 12.7 Å². The van der Waals surface area contributed by atoms with Gasteiger partial charge < -0.3 is 4.79 Å². The molecule has 0 aromatic carbocycles. The third kappa shape index (κ3) is 9.41. The second-order valence-electron chi connectivity index (χ2n) is 2.80. The second-order valence-corrected chi connectivity index (χ2v) is 2.80. The van der Waals surface area contributed by atoms with Crippen molar-refractivity contribution in [1.29, 1.82) is 0 Å². The molecule has 1 fully saturated rings. The first-order valence-electron chi connectivity index (χ1n) is 4.46. The molecule has 0 saturated heterocycles. The van der Waals surface area contributed by atoms with Crippen molar-refractivity contribution in [2.75, 3.05) is 0 Å². The smallest absolute Gasteiger partial charge is 0.120 e. The zero-order valence-corrected chi connectivity index (χ0v) is 7.22. The van der Waals surface area contributed by atoms with E-state index in [0.29, 0.717) is 6.42 Å². The monoisotopic (exact) mass is 154 g/mol. The van der Waals surface area contributed by atoms with Crippen molar-refractivity contribution in [2.45, 2.75) is 44.9 Å². The number of rotatable bonds is 3. The zero-order chi connectivity index (χ0) is 8.36. The van der Waals surface area contributed by atoms with Crippen LogP contribution in [0.4, 0.5) is 0 Å². The van der Waals surface area contributed by atoms with E-state index in [9.17, 15) is 4.79 Å². The molecular weight excluding hydrogens is 136 g/mol. The molecule has 0 aliphatic heterocycles. The molecule has 0 unspecified atom stereocenters. The van der Waals surface area contributed by atoms with Gasteiger partial charge in [0.05, 0.1) is 0 Å². The van der Waals surface area contributed by atoms with E-state index >= 15 is 0 Å². The maximum Gasteiger partial charge on any atom is 0.120 e. The molecule has 0 atom stereocenters. The Bertz CT molecular complexity index is 77.4. The van der Waals surface area contributed by atoms with E-state index in [1.165, 1.54) is 32.1 Å². The number of unbranched alkanes of at least 4 members (excludes halogenated alkanes) is 1. The Morgan fingerprint density at radius 1 is 1.00 bits per heavy atom. The van der Waals surface area contributed by atoms with Crippen LogP contribution in [0.2, 0.25) is 0 Å². The van der Waals surface area contributed by atoms with Gasteiger partial charge in [-0.25, -0.2) is 0 Å². The van der Waals surface area contributed by atoms with Gasteiger partial charge in [-0.15, -0.1) is 6.58 Å². The molecule has 1 heteroatoms. The number of hydrogen-bond donors (Lipinski definition) is 0. The Balaban J connectivity index is 0.000000183. The molecule has 0 N–H and O–H groups in total. The van der Waals surface area contributed by atoms with Crippen LogP contribution >= 0.6 is 0 Å². The van der Waals surface area contributed by atoms with Gasteiger partial charge in [0.15, 0.2) is 0 Å². The highest BCUT2D eigenvalue weighted by molar-refractivity contribution is 5.49. The van der Waals surface area contributed by atoms with E-state index in [2.05, 4.69) is 6.58 Å². The van der Waals surface area contributed by atoms with Gasteiger partial charge in [-0.2, -0.15) is 0 Å². The van der Waals surface area contributed by atoms with Crippen molar-refractivity contribution < 1.29 is 4.79 Å². The Morgan fingerprint density at radius 2 is 1.45 bits per heavy atom. The van der Waals surface area contributed by atoms with Crippen LogP contribution in [0.3, 0.4) is 0 Å². The van der Waals surface area contributed by atoms with Crippen LogP contribution in [0.1, 0.15) is 44.9 Å². The summed E-state index contributed by atoms with van der Waals surface area (Å²) < 4.78 is 0. The standard InChI is InChI=1S/C5H8O.C5H10/c1-2-3-4-5-6;1-2-4-5-3-1/h2,5H,1,3-4H2;1-5H2.